The van der Waals surface area contributed by atoms with E-state index in [0.29, 0.717) is 11.5 Å². The molecule has 0 spiro atoms. The van der Waals surface area contributed by atoms with Gasteiger partial charge in [0.2, 0.25) is 0 Å². The van der Waals surface area contributed by atoms with Gasteiger partial charge in [-0.25, -0.2) is 0 Å². The third kappa shape index (κ3) is 13.9. The third-order valence-corrected chi connectivity index (χ3v) is 4.45. The van der Waals surface area contributed by atoms with Crippen molar-refractivity contribution in [1.82, 2.24) is 20.4 Å². The van der Waals surface area contributed by atoms with Gasteiger partial charge in [-0.15, -0.1) is 0 Å². The van der Waals surface area contributed by atoms with E-state index in [4.69, 9.17) is 9.47 Å². The highest BCUT2D eigenvalue weighted by Crippen LogP contribution is 2.09. The Balaban J connectivity index is 1.89. The summed E-state index contributed by atoms with van der Waals surface area (Å²) in [6, 6.07) is 0.537. The summed E-state index contributed by atoms with van der Waals surface area (Å²) >= 11 is 0. The van der Waals surface area contributed by atoms with Crippen LogP contribution in [0.5, 0.6) is 0 Å². The maximum atomic E-state index is 5.75. The summed E-state index contributed by atoms with van der Waals surface area (Å²) in [5.41, 5.74) is 0.343. The van der Waals surface area contributed by atoms with Crippen LogP contribution >= 0.6 is 0 Å². The van der Waals surface area contributed by atoms with E-state index in [1.54, 1.807) is 0 Å². The fraction of sp³-hybridized carbons (Fsp3) is 1.00. The zero-order valence-electron chi connectivity index (χ0n) is 18.0. The molecule has 1 fully saturated rings. The van der Waals surface area contributed by atoms with Crippen LogP contribution in [-0.4, -0.2) is 101 Å². The Morgan fingerprint density at radius 3 is 1.77 bits per heavy atom. The third-order valence-electron chi connectivity index (χ3n) is 4.45. The van der Waals surface area contributed by atoms with E-state index in [2.05, 4.69) is 55.1 Å². The number of piperazine rings is 1. The van der Waals surface area contributed by atoms with Crippen LogP contribution in [0.25, 0.3) is 0 Å². The van der Waals surface area contributed by atoms with Crippen molar-refractivity contribution in [2.24, 2.45) is 5.41 Å². The van der Waals surface area contributed by atoms with Gasteiger partial charge in [-0.1, -0.05) is 34.6 Å². The van der Waals surface area contributed by atoms with Gasteiger partial charge in [0.15, 0.2) is 0 Å². The normalized spacial score (nSPS) is 17.3. The highest BCUT2D eigenvalue weighted by atomic mass is 16.5. The summed E-state index contributed by atoms with van der Waals surface area (Å²) in [6.45, 7) is 23.9. The van der Waals surface area contributed by atoms with Crippen LogP contribution < -0.4 is 10.6 Å². The van der Waals surface area contributed by atoms with Gasteiger partial charge in [0.05, 0.1) is 26.4 Å². The van der Waals surface area contributed by atoms with Gasteiger partial charge >= 0.3 is 0 Å². The molecule has 6 heteroatoms. The molecule has 26 heavy (non-hydrogen) atoms. The minimum atomic E-state index is 0.343. The maximum absolute atomic E-state index is 5.75. The fourth-order valence-corrected chi connectivity index (χ4v) is 2.86. The molecule has 1 heterocycles. The van der Waals surface area contributed by atoms with Crippen LogP contribution in [0.15, 0.2) is 0 Å². The number of rotatable bonds is 14. The molecular formula is C20H44N4O2. The zero-order valence-corrected chi connectivity index (χ0v) is 18.0. The molecular weight excluding hydrogens is 328 g/mol. The zero-order chi connectivity index (χ0) is 19.3. The largest absolute Gasteiger partial charge is 0.379 e. The maximum Gasteiger partial charge on any atom is 0.0594 e. The number of nitrogens with one attached hydrogen (secondary N) is 2. The summed E-state index contributed by atoms with van der Waals surface area (Å²) < 4.78 is 11.5. The minimum Gasteiger partial charge on any atom is -0.379 e. The van der Waals surface area contributed by atoms with Crippen molar-refractivity contribution >= 4 is 0 Å². The second-order valence-electron chi connectivity index (χ2n) is 8.75. The molecule has 0 atom stereocenters. The SMILES string of the molecule is CC(C)NCCOCCN1CCN(CCOCCNCC(C)(C)C)CC1. The van der Waals surface area contributed by atoms with Gasteiger partial charge in [0, 0.05) is 64.9 Å². The number of ether oxygens (including phenoxy) is 2. The van der Waals surface area contributed by atoms with Crippen molar-refractivity contribution in [3.63, 3.8) is 0 Å². The van der Waals surface area contributed by atoms with E-state index in [-0.39, 0.29) is 0 Å². The predicted molar refractivity (Wildman–Crippen MR) is 110 cm³/mol. The van der Waals surface area contributed by atoms with E-state index < -0.39 is 0 Å². The molecule has 1 aliphatic heterocycles. The number of nitrogens with zero attached hydrogens (tertiary/aromatic N) is 2. The van der Waals surface area contributed by atoms with Gasteiger partial charge in [-0.3, -0.25) is 9.80 Å². The van der Waals surface area contributed by atoms with Gasteiger partial charge in [-0.05, 0) is 5.41 Å². The predicted octanol–water partition coefficient (Wildman–Crippen LogP) is 1.27. The monoisotopic (exact) mass is 372 g/mol. The summed E-state index contributed by atoms with van der Waals surface area (Å²) in [7, 11) is 0. The second kappa shape index (κ2) is 13.9. The Hall–Kier alpha value is -0.240. The molecule has 1 saturated heterocycles. The van der Waals surface area contributed by atoms with E-state index in [1.807, 2.05) is 0 Å². The molecule has 0 aromatic carbocycles. The molecule has 1 aliphatic rings. The summed E-state index contributed by atoms with van der Waals surface area (Å²) in [5.74, 6) is 0. The number of hydrogen-bond donors (Lipinski definition) is 2. The van der Waals surface area contributed by atoms with E-state index in [0.717, 1.165) is 85.3 Å². The van der Waals surface area contributed by atoms with Gasteiger partial charge in [-0.2, -0.15) is 0 Å². The van der Waals surface area contributed by atoms with Crippen molar-refractivity contribution in [2.75, 3.05) is 85.3 Å². The summed E-state index contributed by atoms with van der Waals surface area (Å²) in [4.78, 5) is 5.01. The molecule has 0 aromatic rings. The van der Waals surface area contributed by atoms with Crippen molar-refractivity contribution in [1.29, 1.82) is 0 Å². The van der Waals surface area contributed by atoms with Crippen LogP contribution in [0.1, 0.15) is 34.6 Å². The van der Waals surface area contributed by atoms with Crippen molar-refractivity contribution in [2.45, 2.75) is 40.7 Å². The molecule has 0 saturated carbocycles. The molecule has 0 amide bonds. The van der Waals surface area contributed by atoms with Crippen molar-refractivity contribution < 1.29 is 9.47 Å². The topological polar surface area (TPSA) is 49.0 Å². The molecule has 0 aromatic heterocycles. The van der Waals surface area contributed by atoms with Crippen LogP contribution in [0, 0.1) is 5.41 Å². The minimum absolute atomic E-state index is 0.343. The lowest BCUT2D eigenvalue weighted by atomic mass is 9.97. The first-order valence-electron chi connectivity index (χ1n) is 10.4. The Bertz CT molecular complexity index is 326. The molecule has 156 valence electrons. The van der Waals surface area contributed by atoms with E-state index in [9.17, 15) is 0 Å². The summed E-state index contributed by atoms with van der Waals surface area (Å²) in [6.07, 6.45) is 0. The standard InChI is InChI=1S/C20H44N4O2/c1-19(2)22-7-15-26-17-13-24-10-8-23(9-11-24)12-16-25-14-6-21-18-20(3,4)5/h19,21-22H,6-18H2,1-5H3. The quantitative estimate of drug-likeness (QED) is 0.448. The molecule has 0 radical (unpaired) electrons. The van der Waals surface area contributed by atoms with E-state index in [1.165, 1.54) is 0 Å². The molecule has 2 N–H and O–H groups in total. The Morgan fingerprint density at radius 2 is 1.31 bits per heavy atom. The lowest BCUT2D eigenvalue weighted by Crippen LogP contribution is -2.48. The smallest absolute Gasteiger partial charge is 0.0594 e. The first-order chi connectivity index (χ1) is 12.4. The van der Waals surface area contributed by atoms with Crippen molar-refractivity contribution in [3.05, 3.63) is 0 Å². The molecule has 6 nitrogen and oxygen atoms in total. The highest BCUT2D eigenvalue weighted by Gasteiger charge is 2.16. The van der Waals surface area contributed by atoms with Gasteiger partial charge < -0.3 is 20.1 Å². The lowest BCUT2D eigenvalue weighted by Gasteiger charge is -2.34. The van der Waals surface area contributed by atoms with Crippen molar-refractivity contribution in [3.8, 4) is 0 Å². The highest BCUT2D eigenvalue weighted by molar-refractivity contribution is 4.71. The second-order valence-corrected chi connectivity index (χ2v) is 8.75. The lowest BCUT2D eigenvalue weighted by molar-refractivity contribution is 0.0574. The molecule has 0 unspecified atom stereocenters. The molecule has 0 bridgehead atoms. The van der Waals surface area contributed by atoms with Crippen LogP contribution in [0.3, 0.4) is 0 Å². The van der Waals surface area contributed by atoms with Gasteiger partial charge in [0.25, 0.3) is 0 Å². The van der Waals surface area contributed by atoms with E-state index >= 15 is 0 Å². The average Bonchev–Trinajstić information content (AvgIpc) is 2.57. The molecule has 0 aliphatic carbocycles. The van der Waals surface area contributed by atoms with Crippen LogP contribution in [0.2, 0.25) is 0 Å². The fourth-order valence-electron chi connectivity index (χ4n) is 2.86. The Morgan fingerprint density at radius 1 is 0.808 bits per heavy atom. The van der Waals surface area contributed by atoms with Crippen LogP contribution in [0.4, 0.5) is 0 Å². The Labute approximate surface area is 162 Å². The van der Waals surface area contributed by atoms with Gasteiger partial charge in [0.1, 0.15) is 0 Å². The summed E-state index contributed by atoms with van der Waals surface area (Å²) in [5, 5.41) is 6.82. The Kier molecular flexibility index (Phi) is 12.7. The number of hydrogen-bond acceptors (Lipinski definition) is 6. The molecule has 1 rings (SSSR count). The first kappa shape index (κ1) is 23.8. The van der Waals surface area contributed by atoms with Crippen LogP contribution in [-0.2, 0) is 9.47 Å². The average molecular weight is 373 g/mol. The first-order valence-corrected chi connectivity index (χ1v) is 10.4.